The van der Waals surface area contributed by atoms with E-state index in [9.17, 15) is 0 Å². The molecule has 0 saturated heterocycles. The van der Waals surface area contributed by atoms with Gasteiger partial charge in [-0.05, 0) is 47.1 Å². The van der Waals surface area contributed by atoms with Gasteiger partial charge in [0.2, 0.25) is 0 Å². The Morgan fingerprint density at radius 2 is 1.62 bits per heavy atom. The van der Waals surface area contributed by atoms with Crippen molar-refractivity contribution in [3.05, 3.63) is 88.5 Å². The lowest BCUT2D eigenvalue weighted by Gasteiger charge is -2.32. The van der Waals surface area contributed by atoms with Gasteiger partial charge in [0, 0.05) is 11.1 Å². The second-order valence-electron chi connectivity index (χ2n) is 8.15. The summed E-state index contributed by atoms with van der Waals surface area (Å²) in [7, 11) is 0. The van der Waals surface area contributed by atoms with Crippen LogP contribution in [0.4, 0.5) is 0 Å². The number of hydrogen-bond acceptors (Lipinski definition) is 3. The molecule has 3 aromatic carbocycles. The summed E-state index contributed by atoms with van der Waals surface area (Å²) in [4.78, 5) is 0. The van der Waals surface area contributed by atoms with Gasteiger partial charge in [-0.2, -0.15) is 0 Å². The minimum absolute atomic E-state index is 0.0363. The van der Waals surface area contributed by atoms with Crippen molar-refractivity contribution in [1.82, 2.24) is 0 Å². The molecule has 0 bridgehead atoms. The van der Waals surface area contributed by atoms with Crippen LogP contribution >= 0.6 is 0 Å². The van der Waals surface area contributed by atoms with E-state index < -0.39 is 0 Å². The van der Waals surface area contributed by atoms with Crippen LogP contribution in [0.5, 0.6) is 5.75 Å². The number of rotatable bonds is 4. The zero-order valence-electron chi connectivity index (χ0n) is 16.4. The van der Waals surface area contributed by atoms with Crippen LogP contribution in [0.3, 0.4) is 0 Å². The molecule has 146 valence electrons. The largest absolute Gasteiger partial charge is 0.490 e. The number of hydrogen-bond donors (Lipinski definition) is 0. The predicted octanol–water partition coefficient (Wildman–Crippen LogP) is 5.39. The van der Waals surface area contributed by atoms with Gasteiger partial charge in [-0.15, -0.1) is 0 Å². The van der Waals surface area contributed by atoms with Crippen LogP contribution < -0.4 is 4.74 Å². The van der Waals surface area contributed by atoms with E-state index in [0.717, 1.165) is 18.6 Å². The van der Waals surface area contributed by atoms with Crippen molar-refractivity contribution in [3.63, 3.8) is 0 Å². The standard InChI is InChI=1S/C26H24O3/c1-3-8-17(9-4-1)14-27-22-16-29-26-23(18-10-5-2-6-11-18)20-13-7-12-19(20)21-15-28-25(22)24(21)26/h1-6,8-11,22,25H,7,12-16H2/t22-,25-/m1/s1. The molecule has 3 aliphatic rings. The minimum Gasteiger partial charge on any atom is -0.490 e. The van der Waals surface area contributed by atoms with E-state index in [4.69, 9.17) is 14.2 Å². The topological polar surface area (TPSA) is 27.7 Å². The SMILES string of the molecule is c1ccc(CO[C@@H]2COc3c(-c4ccccc4)c4c(c5c3[C@@H]2OC5)CCC4)cc1. The van der Waals surface area contributed by atoms with Gasteiger partial charge in [-0.1, -0.05) is 60.7 Å². The van der Waals surface area contributed by atoms with Crippen molar-refractivity contribution in [1.29, 1.82) is 0 Å². The highest BCUT2D eigenvalue weighted by Gasteiger charge is 2.43. The predicted molar refractivity (Wildman–Crippen MR) is 112 cm³/mol. The third kappa shape index (κ3) is 2.80. The molecule has 0 aromatic heterocycles. The second-order valence-corrected chi connectivity index (χ2v) is 8.15. The average Bonchev–Trinajstić information content (AvgIpc) is 3.43. The van der Waals surface area contributed by atoms with Gasteiger partial charge in [-0.25, -0.2) is 0 Å². The average molecular weight is 384 g/mol. The number of ether oxygens (including phenoxy) is 3. The summed E-state index contributed by atoms with van der Waals surface area (Å²) in [6.45, 7) is 1.79. The molecule has 0 N–H and O–H groups in total. The van der Waals surface area contributed by atoms with Crippen LogP contribution in [0.15, 0.2) is 60.7 Å². The molecule has 6 rings (SSSR count). The summed E-state index contributed by atoms with van der Waals surface area (Å²) in [6.07, 6.45) is 3.37. The molecular formula is C26H24O3. The summed E-state index contributed by atoms with van der Waals surface area (Å²) in [5, 5.41) is 0. The summed E-state index contributed by atoms with van der Waals surface area (Å²) in [5.74, 6) is 1.04. The molecule has 0 radical (unpaired) electrons. The van der Waals surface area contributed by atoms with Crippen LogP contribution in [0.25, 0.3) is 11.1 Å². The van der Waals surface area contributed by atoms with Crippen molar-refractivity contribution >= 4 is 0 Å². The highest BCUT2D eigenvalue weighted by atomic mass is 16.6. The molecule has 3 aromatic rings. The zero-order valence-corrected chi connectivity index (χ0v) is 16.4. The summed E-state index contributed by atoms with van der Waals surface area (Å²) in [6, 6.07) is 21.0. The molecule has 1 aliphatic carbocycles. The molecule has 0 saturated carbocycles. The summed E-state index contributed by atoms with van der Waals surface area (Å²) < 4.78 is 19.0. The first-order chi connectivity index (χ1) is 14.4. The monoisotopic (exact) mass is 384 g/mol. The van der Waals surface area contributed by atoms with Crippen LogP contribution in [0, 0.1) is 0 Å². The van der Waals surface area contributed by atoms with Crippen molar-refractivity contribution in [2.75, 3.05) is 6.61 Å². The fourth-order valence-corrected chi connectivity index (χ4v) is 5.17. The van der Waals surface area contributed by atoms with E-state index in [1.54, 1.807) is 0 Å². The van der Waals surface area contributed by atoms with Gasteiger partial charge in [0.15, 0.2) is 0 Å². The summed E-state index contributed by atoms with van der Waals surface area (Å²) >= 11 is 0. The van der Waals surface area contributed by atoms with E-state index in [2.05, 4.69) is 42.5 Å². The first-order valence-electron chi connectivity index (χ1n) is 10.6. The van der Waals surface area contributed by atoms with Crippen LogP contribution in [0.1, 0.15) is 40.3 Å². The zero-order chi connectivity index (χ0) is 19.2. The lowest BCUT2D eigenvalue weighted by molar-refractivity contribution is -0.100. The molecule has 3 nitrogen and oxygen atoms in total. The van der Waals surface area contributed by atoms with Crippen LogP contribution in [-0.2, 0) is 35.5 Å². The van der Waals surface area contributed by atoms with Gasteiger partial charge in [-0.3, -0.25) is 0 Å². The minimum atomic E-state index is -0.0768. The quantitative estimate of drug-likeness (QED) is 0.603. The van der Waals surface area contributed by atoms with Crippen molar-refractivity contribution in [2.24, 2.45) is 0 Å². The Bertz CT molecular complexity index is 1040. The van der Waals surface area contributed by atoms with Crippen LogP contribution in [0.2, 0.25) is 0 Å². The molecular weight excluding hydrogens is 360 g/mol. The Morgan fingerprint density at radius 3 is 2.45 bits per heavy atom. The van der Waals surface area contributed by atoms with E-state index in [-0.39, 0.29) is 12.2 Å². The van der Waals surface area contributed by atoms with Gasteiger partial charge < -0.3 is 14.2 Å². The molecule has 29 heavy (non-hydrogen) atoms. The van der Waals surface area contributed by atoms with Gasteiger partial charge in [0.25, 0.3) is 0 Å². The maximum atomic E-state index is 6.42. The van der Waals surface area contributed by atoms with Gasteiger partial charge in [0.05, 0.1) is 13.2 Å². The van der Waals surface area contributed by atoms with E-state index in [1.807, 2.05) is 18.2 Å². The van der Waals surface area contributed by atoms with Crippen molar-refractivity contribution in [3.8, 4) is 16.9 Å². The smallest absolute Gasteiger partial charge is 0.133 e. The van der Waals surface area contributed by atoms with E-state index in [1.165, 1.54) is 45.4 Å². The molecule has 0 fully saturated rings. The van der Waals surface area contributed by atoms with E-state index in [0.29, 0.717) is 19.8 Å². The van der Waals surface area contributed by atoms with Crippen LogP contribution in [-0.4, -0.2) is 12.7 Å². The highest BCUT2D eigenvalue weighted by molar-refractivity contribution is 5.80. The normalized spacial score (nSPS) is 21.5. The lowest BCUT2D eigenvalue weighted by atomic mass is 9.86. The fourth-order valence-electron chi connectivity index (χ4n) is 5.17. The molecule has 2 heterocycles. The third-order valence-electron chi connectivity index (χ3n) is 6.47. The third-order valence-corrected chi connectivity index (χ3v) is 6.47. The number of benzene rings is 3. The van der Waals surface area contributed by atoms with Crippen molar-refractivity contribution < 1.29 is 14.2 Å². The first-order valence-corrected chi connectivity index (χ1v) is 10.6. The van der Waals surface area contributed by atoms with Gasteiger partial charge in [0.1, 0.15) is 24.6 Å². The molecule has 3 heteroatoms. The molecule has 0 unspecified atom stereocenters. The van der Waals surface area contributed by atoms with Gasteiger partial charge >= 0.3 is 0 Å². The lowest BCUT2D eigenvalue weighted by Crippen LogP contribution is -2.33. The van der Waals surface area contributed by atoms with Crippen molar-refractivity contribution in [2.45, 2.75) is 44.7 Å². The molecule has 2 aliphatic heterocycles. The summed E-state index contributed by atoms with van der Waals surface area (Å²) in [5.41, 5.74) is 9.29. The van der Waals surface area contributed by atoms with E-state index >= 15 is 0 Å². The highest BCUT2D eigenvalue weighted by Crippen LogP contribution is 2.53. The Kier molecular flexibility index (Phi) is 4.17. The molecule has 0 amide bonds. The maximum absolute atomic E-state index is 6.42. The molecule has 2 atom stereocenters. The Morgan fingerprint density at radius 1 is 0.862 bits per heavy atom. The number of fused-ring (bicyclic) bond motifs is 2. The molecule has 0 spiro atoms. The first kappa shape index (κ1) is 17.3. The Balaban J connectivity index is 1.40. The maximum Gasteiger partial charge on any atom is 0.133 e. The Hall–Kier alpha value is -2.62. The Labute approximate surface area is 171 Å². The second kappa shape index (κ2) is 7.01. The fraction of sp³-hybridized carbons (Fsp3) is 0.308.